The summed E-state index contributed by atoms with van der Waals surface area (Å²) in [6, 6.07) is 9.29. The fourth-order valence-corrected chi connectivity index (χ4v) is 3.71. The minimum Gasteiger partial charge on any atom is -0.497 e. The molecule has 1 N–H and O–H groups in total. The number of allylic oxidation sites excluding steroid dienone is 1. The molecular formula is C21H25N5O3S. The maximum absolute atomic E-state index is 12.5. The first-order valence-electron chi connectivity index (χ1n) is 9.33. The van der Waals surface area contributed by atoms with Crippen LogP contribution < -0.4 is 14.8 Å². The Labute approximate surface area is 179 Å². The number of carbonyl (C=O) groups excluding carboxylic acids is 1. The van der Waals surface area contributed by atoms with E-state index in [1.807, 2.05) is 23.9 Å². The fraction of sp³-hybridized carbons (Fsp3) is 0.286. The molecule has 0 atom stereocenters. The topological polar surface area (TPSA) is 83.2 Å². The van der Waals surface area contributed by atoms with Gasteiger partial charge in [-0.1, -0.05) is 17.8 Å². The molecule has 1 amide bonds. The summed E-state index contributed by atoms with van der Waals surface area (Å²) in [5.41, 5.74) is 1.69. The van der Waals surface area contributed by atoms with Crippen LogP contribution in [0, 0.1) is 0 Å². The lowest BCUT2D eigenvalue weighted by Gasteiger charge is -2.12. The second kappa shape index (κ2) is 10.0. The maximum atomic E-state index is 12.5. The van der Waals surface area contributed by atoms with Crippen LogP contribution >= 0.6 is 11.8 Å². The average Bonchev–Trinajstić information content (AvgIpc) is 3.33. The number of hydrogen-bond donors (Lipinski definition) is 1. The number of thioether (sulfide) groups is 1. The molecule has 0 unspecified atom stereocenters. The predicted octanol–water partition coefficient (Wildman–Crippen LogP) is 3.14. The molecule has 0 bridgehead atoms. The predicted molar refractivity (Wildman–Crippen MR) is 117 cm³/mol. The number of aromatic nitrogens is 4. The van der Waals surface area contributed by atoms with E-state index in [-0.39, 0.29) is 11.7 Å². The molecule has 9 heteroatoms. The Kier molecular flexibility index (Phi) is 7.18. The van der Waals surface area contributed by atoms with Gasteiger partial charge in [0, 0.05) is 38.0 Å². The van der Waals surface area contributed by atoms with Crippen molar-refractivity contribution in [2.24, 2.45) is 7.05 Å². The zero-order valence-electron chi connectivity index (χ0n) is 17.3. The first-order chi connectivity index (χ1) is 14.5. The van der Waals surface area contributed by atoms with Crippen LogP contribution in [0.1, 0.15) is 11.5 Å². The molecule has 2 heterocycles. The Morgan fingerprint density at radius 3 is 2.77 bits per heavy atom. The van der Waals surface area contributed by atoms with Crippen molar-refractivity contribution < 1.29 is 14.3 Å². The number of nitrogens with one attached hydrogen (secondary N) is 1. The monoisotopic (exact) mass is 427 g/mol. The molecule has 0 spiro atoms. The quantitative estimate of drug-likeness (QED) is 0.395. The number of aryl methyl sites for hydroxylation is 1. The molecule has 0 fully saturated rings. The molecule has 0 aliphatic heterocycles. The Morgan fingerprint density at radius 2 is 2.10 bits per heavy atom. The molecule has 2 aromatic heterocycles. The van der Waals surface area contributed by atoms with Crippen molar-refractivity contribution in [3.05, 3.63) is 60.7 Å². The van der Waals surface area contributed by atoms with E-state index in [4.69, 9.17) is 9.47 Å². The molecule has 0 saturated carbocycles. The van der Waals surface area contributed by atoms with E-state index in [0.717, 1.165) is 11.5 Å². The number of hydrogen-bond acceptors (Lipinski definition) is 6. The Morgan fingerprint density at radius 1 is 1.27 bits per heavy atom. The largest absolute Gasteiger partial charge is 0.497 e. The molecule has 8 nitrogen and oxygen atoms in total. The number of rotatable bonds is 10. The van der Waals surface area contributed by atoms with Gasteiger partial charge in [-0.05, 0) is 24.3 Å². The number of amides is 1. The summed E-state index contributed by atoms with van der Waals surface area (Å²) in [6.45, 7) is 4.39. The zero-order chi connectivity index (χ0) is 21.5. The standard InChI is InChI=1S/C21H25N5O3S/c1-5-10-26-19(12-15-7-6-11-25(15)2)23-24-21(26)30-14-20(27)22-17-13-16(28-3)8-9-18(17)29-4/h5-9,11,13H,1,10,12,14H2,2-4H3,(H,22,27). The number of anilines is 1. The molecule has 1 aromatic carbocycles. The van der Waals surface area contributed by atoms with Gasteiger partial charge in [-0.15, -0.1) is 16.8 Å². The van der Waals surface area contributed by atoms with Gasteiger partial charge in [0.15, 0.2) is 5.16 Å². The molecule has 0 aliphatic carbocycles. The van der Waals surface area contributed by atoms with Gasteiger partial charge in [0.1, 0.15) is 17.3 Å². The van der Waals surface area contributed by atoms with Crippen LogP contribution in [0.2, 0.25) is 0 Å². The van der Waals surface area contributed by atoms with Crippen molar-refractivity contribution in [2.45, 2.75) is 18.1 Å². The minimum atomic E-state index is -0.177. The SMILES string of the molecule is C=CCn1c(Cc2cccn2C)nnc1SCC(=O)Nc1cc(OC)ccc1OC. The molecule has 0 saturated heterocycles. The Hall–Kier alpha value is -3.20. The van der Waals surface area contributed by atoms with Crippen molar-refractivity contribution in [3.63, 3.8) is 0 Å². The van der Waals surface area contributed by atoms with E-state index in [1.54, 1.807) is 38.5 Å². The Bertz CT molecular complexity index is 1030. The number of carbonyl (C=O) groups is 1. The number of methoxy groups -OCH3 is 2. The summed E-state index contributed by atoms with van der Waals surface area (Å²) in [7, 11) is 5.12. The van der Waals surface area contributed by atoms with Crippen LogP contribution in [0.25, 0.3) is 0 Å². The third-order valence-electron chi connectivity index (χ3n) is 4.51. The maximum Gasteiger partial charge on any atom is 0.234 e. The van der Waals surface area contributed by atoms with Gasteiger partial charge in [-0.3, -0.25) is 4.79 Å². The zero-order valence-corrected chi connectivity index (χ0v) is 18.1. The second-order valence-corrected chi connectivity index (χ2v) is 7.43. The highest BCUT2D eigenvalue weighted by molar-refractivity contribution is 7.99. The van der Waals surface area contributed by atoms with E-state index in [0.29, 0.717) is 35.3 Å². The van der Waals surface area contributed by atoms with E-state index in [1.165, 1.54) is 11.8 Å². The molecule has 158 valence electrons. The van der Waals surface area contributed by atoms with E-state index in [9.17, 15) is 4.79 Å². The van der Waals surface area contributed by atoms with Gasteiger partial charge < -0.3 is 23.9 Å². The van der Waals surface area contributed by atoms with Crippen LogP contribution in [0.5, 0.6) is 11.5 Å². The highest BCUT2D eigenvalue weighted by Crippen LogP contribution is 2.29. The van der Waals surface area contributed by atoms with Crippen LogP contribution in [0.15, 0.2) is 54.3 Å². The van der Waals surface area contributed by atoms with Crippen molar-refractivity contribution >= 4 is 23.4 Å². The minimum absolute atomic E-state index is 0.177. The smallest absolute Gasteiger partial charge is 0.234 e. The van der Waals surface area contributed by atoms with Crippen LogP contribution in [-0.4, -0.2) is 45.2 Å². The summed E-state index contributed by atoms with van der Waals surface area (Å²) in [6.07, 6.45) is 4.44. The summed E-state index contributed by atoms with van der Waals surface area (Å²) < 4.78 is 14.5. The van der Waals surface area contributed by atoms with Gasteiger partial charge in [-0.2, -0.15) is 0 Å². The molecule has 3 aromatic rings. The van der Waals surface area contributed by atoms with Gasteiger partial charge in [0.2, 0.25) is 5.91 Å². The highest BCUT2D eigenvalue weighted by Gasteiger charge is 2.16. The fourth-order valence-electron chi connectivity index (χ4n) is 2.94. The first-order valence-corrected chi connectivity index (χ1v) is 10.3. The third-order valence-corrected chi connectivity index (χ3v) is 5.48. The summed E-state index contributed by atoms with van der Waals surface area (Å²) in [4.78, 5) is 12.5. The number of nitrogens with zero attached hydrogens (tertiary/aromatic N) is 4. The van der Waals surface area contributed by atoms with Gasteiger partial charge in [0.25, 0.3) is 0 Å². The van der Waals surface area contributed by atoms with Gasteiger partial charge in [-0.25, -0.2) is 0 Å². The summed E-state index contributed by atoms with van der Waals surface area (Å²) in [5, 5.41) is 12.1. The summed E-state index contributed by atoms with van der Waals surface area (Å²) in [5.74, 6) is 2.03. The lowest BCUT2D eigenvalue weighted by Crippen LogP contribution is -2.15. The van der Waals surface area contributed by atoms with E-state index < -0.39 is 0 Å². The van der Waals surface area contributed by atoms with Crippen molar-refractivity contribution in [1.82, 2.24) is 19.3 Å². The third kappa shape index (κ3) is 5.04. The van der Waals surface area contributed by atoms with Crippen molar-refractivity contribution in [1.29, 1.82) is 0 Å². The van der Waals surface area contributed by atoms with E-state index in [2.05, 4.69) is 32.7 Å². The molecular weight excluding hydrogens is 402 g/mol. The molecule has 3 rings (SSSR count). The second-order valence-electron chi connectivity index (χ2n) is 6.49. The molecule has 0 radical (unpaired) electrons. The molecule has 0 aliphatic rings. The average molecular weight is 428 g/mol. The van der Waals surface area contributed by atoms with E-state index >= 15 is 0 Å². The number of ether oxygens (including phenoxy) is 2. The summed E-state index contributed by atoms with van der Waals surface area (Å²) >= 11 is 1.33. The van der Waals surface area contributed by atoms with Crippen LogP contribution in [0.3, 0.4) is 0 Å². The first kappa shape index (κ1) is 21.5. The lowest BCUT2D eigenvalue weighted by atomic mass is 10.2. The molecule has 30 heavy (non-hydrogen) atoms. The van der Waals surface area contributed by atoms with Crippen molar-refractivity contribution in [3.8, 4) is 11.5 Å². The number of benzene rings is 1. The normalized spacial score (nSPS) is 10.6. The lowest BCUT2D eigenvalue weighted by molar-refractivity contribution is -0.113. The van der Waals surface area contributed by atoms with Gasteiger partial charge in [0.05, 0.1) is 25.7 Å². The van der Waals surface area contributed by atoms with Gasteiger partial charge >= 0.3 is 0 Å². The highest BCUT2D eigenvalue weighted by atomic mass is 32.2. The Balaban J connectivity index is 1.69. The van der Waals surface area contributed by atoms with Crippen LogP contribution in [0.4, 0.5) is 5.69 Å². The van der Waals surface area contributed by atoms with Crippen molar-refractivity contribution in [2.75, 3.05) is 25.3 Å². The van der Waals surface area contributed by atoms with Crippen LogP contribution in [-0.2, 0) is 24.8 Å².